The summed E-state index contributed by atoms with van der Waals surface area (Å²) in [5.74, 6) is -0.809. The molecule has 0 radical (unpaired) electrons. The maximum Gasteiger partial charge on any atom is 0.325 e. The molecule has 2 aromatic carbocycles. The van der Waals surface area contributed by atoms with Crippen molar-refractivity contribution in [3.05, 3.63) is 59.1 Å². The highest BCUT2D eigenvalue weighted by molar-refractivity contribution is 7.18. The number of thiazole rings is 1. The van der Waals surface area contributed by atoms with Crippen LogP contribution < -0.4 is 10.2 Å². The molecule has 1 N–H and O–H groups in total. The van der Waals surface area contributed by atoms with Crippen molar-refractivity contribution in [3.63, 3.8) is 0 Å². The lowest BCUT2D eigenvalue weighted by atomic mass is 10.2. The number of para-hydroxylation sites is 1. The number of ether oxygens (including phenoxy) is 1. The summed E-state index contributed by atoms with van der Waals surface area (Å²) in [5.41, 5.74) is 2.06. The van der Waals surface area contributed by atoms with Crippen molar-refractivity contribution in [2.75, 3.05) is 18.0 Å². The summed E-state index contributed by atoms with van der Waals surface area (Å²) in [7, 11) is 0. The monoisotopic (exact) mass is 409 g/mol. The van der Waals surface area contributed by atoms with Crippen LogP contribution in [0.25, 0.3) is 10.2 Å². The second-order valence-electron chi connectivity index (χ2n) is 6.61. The van der Waals surface area contributed by atoms with Gasteiger partial charge in [-0.15, -0.1) is 11.3 Å². The highest BCUT2D eigenvalue weighted by atomic mass is 32.1. The van der Waals surface area contributed by atoms with Crippen LogP contribution in [0.4, 0.5) is 5.69 Å². The van der Waals surface area contributed by atoms with Gasteiger partial charge in [0.15, 0.2) is 0 Å². The lowest BCUT2D eigenvalue weighted by molar-refractivity contribution is -0.143. The maximum atomic E-state index is 12.2. The van der Waals surface area contributed by atoms with E-state index in [4.69, 9.17) is 4.74 Å². The van der Waals surface area contributed by atoms with Gasteiger partial charge in [0.1, 0.15) is 18.2 Å². The zero-order valence-corrected chi connectivity index (χ0v) is 16.4. The predicted molar refractivity (Wildman–Crippen MR) is 110 cm³/mol. The summed E-state index contributed by atoms with van der Waals surface area (Å²) in [6.45, 7) is 0.549. The molecule has 2 amide bonds. The fraction of sp³-hybridized carbons (Fsp3) is 0.238. The summed E-state index contributed by atoms with van der Waals surface area (Å²) in [4.78, 5) is 42.0. The minimum absolute atomic E-state index is 0.0760. The van der Waals surface area contributed by atoms with Crippen molar-refractivity contribution in [1.82, 2.24) is 10.3 Å². The first-order valence-corrected chi connectivity index (χ1v) is 10.1. The van der Waals surface area contributed by atoms with Crippen LogP contribution in [0, 0.1) is 0 Å². The number of aromatic nitrogens is 1. The Morgan fingerprint density at radius 3 is 2.66 bits per heavy atom. The van der Waals surface area contributed by atoms with Gasteiger partial charge in [0, 0.05) is 24.2 Å². The average molecular weight is 409 g/mol. The van der Waals surface area contributed by atoms with Gasteiger partial charge in [-0.05, 0) is 42.8 Å². The Labute approximate surface area is 171 Å². The Kier molecular flexibility index (Phi) is 5.53. The number of carbonyl (C=O) groups is 3. The zero-order valence-electron chi connectivity index (χ0n) is 15.6. The fourth-order valence-electron chi connectivity index (χ4n) is 3.14. The minimum Gasteiger partial charge on any atom is -0.457 e. The van der Waals surface area contributed by atoms with Crippen molar-refractivity contribution in [2.24, 2.45) is 0 Å². The van der Waals surface area contributed by atoms with Crippen molar-refractivity contribution in [2.45, 2.75) is 19.4 Å². The van der Waals surface area contributed by atoms with E-state index >= 15 is 0 Å². The van der Waals surface area contributed by atoms with E-state index in [0.29, 0.717) is 23.5 Å². The van der Waals surface area contributed by atoms with Crippen LogP contribution in [0.15, 0.2) is 48.5 Å². The van der Waals surface area contributed by atoms with Gasteiger partial charge < -0.3 is 15.0 Å². The number of carbonyl (C=O) groups excluding carboxylic acids is 3. The van der Waals surface area contributed by atoms with Gasteiger partial charge in [-0.25, -0.2) is 4.98 Å². The molecule has 0 unspecified atom stereocenters. The molecular weight excluding hydrogens is 390 g/mol. The first-order valence-electron chi connectivity index (χ1n) is 9.29. The average Bonchev–Trinajstić information content (AvgIpc) is 3.36. The normalized spacial score (nSPS) is 13.7. The molecule has 148 valence electrons. The molecular formula is C21H19N3O4S. The Morgan fingerprint density at radius 1 is 1.14 bits per heavy atom. The molecule has 1 aliphatic rings. The van der Waals surface area contributed by atoms with Gasteiger partial charge in [-0.2, -0.15) is 0 Å². The standard InChI is InChI=1S/C21H19N3O4S/c25-19-6-3-11-24(19)15-9-7-14(8-10-15)21(27)22-12-20(26)28-13-18-23-16-4-1-2-5-17(16)29-18/h1-2,4-5,7-10H,3,6,11-13H2,(H,22,27). The fourth-order valence-corrected chi connectivity index (χ4v) is 4.02. The molecule has 8 heteroatoms. The highest BCUT2D eigenvalue weighted by Gasteiger charge is 2.21. The maximum absolute atomic E-state index is 12.2. The molecule has 1 fully saturated rings. The van der Waals surface area contributed by atoms with Crippen molar-refractivity contribution in [3.8, 4) is 0 Å². The second-order valence-corrected chi connectivity index (χ2v) is 7.73. The second kappa shape index (κ2) is 8.40. The first kappa shape index (κ1) is 19.1. The molecule has 7 nitrogen and oxygen atoms in total. The van der Waals surface area contributed by atoms with Gasteiger partial charge in [-0.1, -0.05) is 12.1 Å². The number of hydrogen-bond donors (Lipinski definition) is 1. The van der Waals surface area contributed by atoms with Gasteiger partial charge in [0.25, 0.3) is 5.91 Å². The van der Waals surface area contributed by atoms with Crippen LogP contribution in [0.5, 0.6) is 0 Å². The smallest absolute Gasteiger partial charge is 0.325 e. The Hall–Kier alpha value is -3.26. The summed E-state index contributed by atoms with van der Waals surface area (Å²) in [6.07, 6.45) is 1.40. The third-order valence-electron chi connectivity index (χ3n) is 4.60. The van der Waals surface area contributed by atoms with Crippen LogP contribution in [0.1, 0.15) is 28.2 Å². The van der Waals surface area contributed by atoms with Crippen LogP contribution in [-0.4, -0.2) is 35.9 Å². The molecule has 0 atom stereocenters. The van der Waals surface area contributed by atoms with E-state index in [2.05, 4.69) is 10.3 Å². The number of hydrogen-bond acceptors (Lipinski definition) is 6. The molecule has 0 aliphatic carbocycles. The van der Waals surface area contributed by atoms with Crippen molar-refractivity contribution < 1.29 is 19.1 Å². The minimum atomic E-state index is -0.531. The number of amides is 2. The molecule has 4 rings (SSSR count). The summed E-state index contributed by atoms with van der Waals surface area (Å²) in [5, 5.41) is 3.25. The lowest BCUT2D eigenvalue weighted by Gasteiger charge is -2.15. The molecule has 1 aliphatic heterocycles. The number of nitrogens with one attached hydrogen (secondary N) is 1. The third-order valence-corrected chi connectivity index (χ3v) is 5.61. The Morgan fingerprint density at radius 2 is 1.93 bits per heavy atom. The predicted octanol–water partition coefficient (Wildman–Crippen LogP) is 2.90. The Balaban J connectivity index is 1.26. The van der Waals surface area contributed by atoms with Gasteiger partial charge >= 0.3 is 5.97 Å². The van der Waals surface area contributed by atoms with Crippen LogP contribution in [-0.2, 0) is 20.9 Å². The molecule has 3 aromatic rings. The van der Waals surface area contributed by atoms with E-state index in [1.165, 1.54) is 11.3 Å². The van der Waals surface area contributed by atoms with Gasteiger partial charge in [0.2, 0.25) is 5.91 Å². The zero-order chi connectivity index (χ0) is 20.2. The lowest BCUT2D eigenvalue weighted by Crippen LogP contribution is -2.30. The highest BCUT2D eigenvalue weighted by Crippen LogP contribution is 2.22. The van der Waals surface area contributed by atoms with Crippen LogP contribution in [0.3, 0.4) is 0 Å². The number of rotatable bonds is 6. The van der Waals surface area contributed by atoms with E-state index in [9.17, 15) is 14.4 Å². The topological polar surface area (TPSA) is 88.6 Å². The van der Waals surface area contributed by atoms with E-state index in [1.807, 2.05) is 24.3 Å². The summed E-state index contributed by atoms with van der Waals surface area (Å²) >= 11 is 1.47. The van der Waals surface area contributed by atoms with Crippen molar-refractivity contribution >= 4 is 45.0 Å². The molecule has 0 bridgehead atoms. The van der Waals surface area contributed by atoms with Crippen LogP contribution >= 0.6 is 11.3 Å². The molecule has 0 spiro atoms. The van der Waals surface area contributed by atoms with Gasteiger partial charge in [0.05, 0.1) is 10.2 Å². The van der Waals surface area contributed by atoms with Crippen molar-refractivity contribution in [1.29, 1.82) is 0 Å². The van der Waals surface area contributed by atoms with E-state index < -0.39 is 5.97 Å². The largest absolute Gasteiger partial charge is 0.457 e. The molecule has 29 heavy (non-hydrogen) atoms. The Bertz CT molecular complexity index is 1030. The van der Waals surface area contributed by atoms with E-state index in [-0.39, 0.29) is 25.0 Å². The molecule has 1 saturated heterocycles. The molecule has 2 heterocycles. The summed E-state index contributed by atoms with van der Waals surface area (Å²) < 4.78 is 6.23. The summed E-state index contributed by atoms with van der Waals surface area (Å²) in [6, 6.07) is 14.5. The third kappa shape index (κ3) is 4.43. The molecule has 1 aromatic heterocycles. The molecule has 0 saturated carbocycles. The van der Waals surface area contributed by atoms with E-state index in [1.54, 1.807) is 29.2 Å². The van der Waals surface area contributed by atoms with Gasteiger partial charge in [-0.3, -0.25) is 14.4 Å². The number of anilines is 1. The van der Waals surface area contributed by atoms with E-state index in [0.717, 1.165) is 22.3 Å². The number of esters is 1. The first-order chi connectivity index (χ1) is 14.1. The number of fused-ring (bicyclic) bond motifs is 1. The number of nitrogens with zero attached hydrogens (tertiary/aromatic N) is 2. The SMILES string of the molecule is O=C(CNC(=O)c1ccc(N2CCCC2=O)cc1)OCc1nc2ccccc2s1. The van der Waals surface area contributed by atoms with Crippen LogP contribution in [0.2, 0.25) is 0 Å². The number of benzene rings is 2. The quantitative estimate of drug-likeness (QED) is 0.633.